The predicted octanol–water partition coefficient (Wildman–Crippen LogP) is 18.9. The maximum atomic E-state index is 6.61. The van der Waals surface area contributed by atoms with Crippen molar-refractivity contribution in [3.8, 4) is 39.1 Å². The van der Waals surface area contributed by atoms with Gasteiger partial charge in [-0.15, -0.1) is 0 Å². The summed E-state index contributed by atoms with van der Waals surface area (Å²) in [6.45, 7) is 0. The molecule has 0 amide bonds. The van der Waals surface area contributed by atoms with Crippen LogP contribution in [-0.4, -0.2) is 4.57 Å². The fraction of sp³-hybridized carbons (Fsp3) is 0.0270. The molecule has 0 bridgehead atoms. The van der Waals surface area contributed by atoms with Gasteiger partial charge in [0.15, 0.2) is 0 Å². The van der Waals surface area contributed by atoms with Gasteiger partial charge in [0.1, 0.15) is 11.2 Å². The third-order valence-electron chi connectivity index (χ3n) is 17.5. The molecule has 3 heterocycles. The normalized spacial score (nSPS) is 15.2. The zero-order chi connectivity index (χ0) is 50.4. The summed E-state index contributed by atoms with van der Waals surface area (Å²) in [5.41, 5.74) is 25.0. The van der Waals surface area contributed by atoms with Gasteiger partial charge in [-0.1, -0.05) is 231 Å². The Bertz CT molecular complexity index is 4710. The summed E-state index contributed by atoms with van der Waals surface area (Å²) in [5.74, 6) is 0. The highest BCUT2D eigenvalue weighted by Crippen LogP contribution is 2.63. The van der Waals surface area contributed by atoms with E-state index in [2.05, 4.69) is 282 Å². The minimum atomic E-state index is -0.563. The average molecular weight is 979 g/mol. The first kappa shape index (κ1) is 42.4. The Morgan fingerprint density at radius 2 is 0.896 bits per heavy atom. The lowest BCUT2D eigenvalue weighted by Gasteiger charge is -2.39. The Morgan fingerprint density at radius 3 is 1.70 bits per heavy atom. The molecular formula is C74H46N2O. The highest BCUT2D eigenvalue weighted by Gasteiger charge is 2.52. The van der Waals surface area contributed by atoms with Crippen molar-refractivity contribution in [1.29, 1.82) is 0 Å². The number of fused-ring (bicyclic) bond motifs is 18. The smallest absolute Gasteiger partial charge is 0.143 e. The molecule has 1 atom stereocenters. The zero-order valence-electron chi connectivity index (χ0n) is 41.9. The van der Waals surface area contributed by atoms with Gasteiger partial charge in [-0.3, -0.25) is 0 Å². The lowest BCUT2D eigenvalue weighted by Crippen LogP contribution is -2.33. The van der Waals surface area contributed by atoms with Gasteiger partial charge < -0.3 is 13.9 Å². The molecule has 1 spiro atoms. The molecule has 0 radical (unpaired) electrons. The number of hydrogen-bond donors (Lipinski definition) is 0. The zero-order valence-corrected chi connectivity index (χ0v) is 41.9. The van der Waals surface area contributed by atoms with E-state index in [4.69, 9.17) is 4.42 Å². The van der Waals surface area contributed by atoms with Crippen LogP contribution in [0, 0.1) is 0 Å². The molecule has 12 aromatic carbocycles. The van der Waals surface area contributed by atoms with Gasteiger partial charge in [0, 0.05) is 44.0 Å². The molecule has 0 saturated heterocycles. The number of hydrogen-bond acceptors (Lipinski definition) is 2. The van der Waals surface area contributed by atoms with E-state index in [-0.39, 0.29) is 0 Å². The Morgan fingerprint density at radius 1 is 0.338 bits per heavy atom. The summed E-state index contributed by atoms with van der Waals surface area (Å²) in [6.07, 6.45) is 0. The van der Waals surface area contributed by atoms with Crippen molar-refractivity contribution in [1.82, 2.24) is 4.57 Å². The Kier molecular flexibility index (Phi) is 8.69. The number of rotatable bonds is 6. The van der Waals surface area contributed by atoms with Crippen LogP contribution in [0.15, 0.2) is 283 Å². The summed E-state index contributed by atoms with van der Waals surface area (Å²) >= 11 is 0. The summed E-state index contributed by atoms with van der Waals surface area (Å²) in [6, 6.07) is 104. The summed E-state index contributed by atoms with van der Waals surface area (Å²) in [5, 5.41) is 4.80. The lowest BCUT2D eigenvalue weighted by atomic mass is 9.65. The van der Waals surface area contributed by atoms with Gasteiger partial charge in [0.2, 0.25) is 0 Å². The van der Waals surface area contributed by atoms with Crippen LogP contribution in [0.25, 0.3) is 82.8 Å². The fourth-order valence-corrected chi connectivity index (χ4v) is 14.5. The van der Waals surface area contributed by atoms with Crippen LogP contribution in [0.2, 0.25) is 0 Å². The second-order valence-electron chi connectivity index (χ2n) is 21.0. The third kappa shape index (κ3) is 5.49. The second kappa shape index (κ2) is 15.8. The van der Waals surface area contributed by atoms with E-state index < -0.39 is 10.8 Å². The van der Waals surface area contributed by atoms with Gasteiger partial charge in [-0.2, -0.15) is 0 Å². The Labute approximate surface area is 445 Å². The van der Waals surface area contributed by atoms with E-state index in [9.17, 15) is 0 Å². The van der Waals surface area contributed by atoms with Crippen LogP contribution in [0.5, 0.6) is 0 Å². The highest BCUT2D eigenvalue weighted by molar-refractivity contribution is 6.13. The first-order chi connectivity index (χ1) is 38.2. The van der Waals surface area contributed by atoms with Crippen molar-refractivity contribution < 1.29 is 4.42 Å². The van der Waals surface area contributed by atoms with E-state index in [1.54, 1.807) is 0 Å². The van der Waals surface area contributed by atoms with Crippen molar-refractivity contribution >= 4 is 60.8 Å². The Hall–Kier alpha value is -9.96. The minimum Gasteiger partial charge on any atom is -0.455 e. The molecule has 1 unspecified atom stereocenters. The van der Waals surface area contributed by atoms with Gasteiger partial charge in [0.25, 0.3) is 0 Å². The van der Waals surface area contributed by atoms with Gasteiger partial charge in [-0.25, -0.2) is 0 Å². The maximum absolute atomic E-state index is 6.61. The monoisotopic (exact) mass is 978 g/mol. The van der Waals surface area contributed by atoms with Crippen molar-refractivity contribution in [2.45, 2.75) is 10.8 Å². The van der Waals surface area contributed by atoms with Crippen LogP contribution in [0.4, 0.5) is 17.1 Å². The number of furan rings is 1. The van der Waals surface area contributed by atoms with E-state index in [1.165, 1.54) is 94.3 Å². The second-order valence-corrected chi connectivity index (χ2v) is 21.0. The molecule has 77 heavy (non-hydrogen) atoms. The number of aromatic nitrogens is 1. The molecule has 14 aromatic rings. The predicted molar refractivity (Wildman–Crippen MR) is 316 cm³/mol. The maximum Gasteiger partial charge on any atom is 0.143 e. The van der Waals surface area contributed by atoms with E-state index in [0.717, 1.165) is 50.1 Å². The van der Waals surface area contributed by atoms with Crippen molar-refractivity contribution in [3.05, 3.63) is 324 Å². The average Bonchev–Trinajstić information content (AvgIpc) is 4.40. The largest absolute Gasteiger partial charge is 0.455 e. The first-order valence-electron chi connectivity index (χ1n) is 26.7. The van der Waals surface area contributed by atoms with E-state index in [0.29, 0.717) is 0 Å². The quantitative estimate of drug-likeness (QED) is 0.166. The van der Waals surface area contributed by atoms with Crippen LogP contribution < -0.4 is 4.90 Å². The van der Waals surface area contributed by atoms with Crippen LogP contribution in [-0.2, 0) is 10.8 Å². The summed E-state index contributed by atoms with van der Waals surface area (Å²) in [4.78, 5) is 2.52. The van der Waals surface area contributed by atoms with Gasteiger partial charge in [0.05, 0.1) is 33.2 Å². The molecule has 358 valence electrons. The third-order valence-corrected chi connectivity index (χ3v) is 17.5. The molecule has 0 fully saturated rings. The standard InChI is InChI=1S/C74H46N2O/c1-3-20-48(21-4-1)73(49-22-5-2-6-23-49)61-32-12-8-27-58(61)70-64(73)34-19-38-68(70)75(50-42-40-47(41-43-50)52-28-17-30-57-55-26-10-16-39-69(55)77-72(52)57)51-44-45-62-59(46-51)53-24-7-11-31-60(53)74(62)63-33-13-15-37-67(63)76-66-36-14-9-25-54(66)56-29-18-35-65(74)71(56)76/h1-46H. The number of para-hydroxylation sites is 5. The Balaban J connectivity index is 0.931. The van der Waals surface area contributed by atoms with Gasteiger partial charge >= 0.3 is 0 Å². The molecule has 3 nitrogen and oxygen atoms in total. The summed E-state index contributed by atoms with van der Waals surface area (Å²) in [7, 11) is 0. The first-order valence-corrected chi connectivity index (χ1v) is 26.7. The van der Waals surface area contributed by atoms with Crippen molar-refractivity contribution in [2.24, 2.45) is 0 Å². The molecule has 0 saturated carbocycles. The lowest BCUT2D eigenvalue weighted by molar-refractivity contribution is 0.670. The van der Waals surface area contributed by atoms with E-state index in [1.807, 2.05) is 6.07 Å². The SMILES string of the molecule is c1ccc(C2(c3ccccc3)c3ccccc3-c3c(N(c4ccc(-c5cccc6c5oc5ccccc56)cc4)c4ccc5c(c4)-c4ccccc4C54c5ccccc5-n5c6ccccc6c6cccc4c65)cccc32)cc1. The molecule has 3 heteroatoms. The topological polar surface area (TPSA) is 21.3 Å². The summed E-state index contributed by atoms with van der Waals surface area (Å²) < 4.78 is 9.13. The molecule has 3 aliphatic rings. The minimum absolute atomic E-state index is 0.563. The van der Waals surface area contributed by atoms with Crippen molar-refractivity contribution in [2.75, 3.05) is 4.90 Å². The molecule has 0 N–H and O–H groups in total. The molecule has 2 aliphatic carbocycles. The molecule has 2 aromatic heterocycles. The van der Waals surface area contributed by atoms with E-state index >= 15 is 0 Å². The number of anilines is 3. The molecule has 1 aliphatic heterocycles. The van der Waals surface area contributed by atoms with Crippen LogP contribution in [0.3, 0.4) is 0 Å². The molecule has 17 rings (SSSR count). The number of nitrogens with zero attached hydrogens (tertiary/aromatic N) is 2. The highest BCUT2D eigenvalue weighted by atomic mass is 16.3. The fourth-order valence-electron chi connectivity index (χ4n) is 14.5. The van der Waals surface area contributed by atoms with Gasteiger partial charge in [-0.05, 0) is 115 Å². The number of benzene rings is 12. The van der Waals surface area contributed by atoms with Crippen molar-refractivity contribution in [3.63, 3.8) is 0 Å². The molecular weight excluding hydrogens is 933 g/mol. The van der Waals surface area contributed by atoms with Crippen LogP contribution >= 0.6 is 0 Å². The van der Waals surface area contributed by atoms with Crippen LogP contribution in [0.1, 0.15) is 44.5 Å².